The van der Waals surface area contributed by atoms with Crippen LogP contribution in [0.4, 0.5) is 0 Å². The van der Waals surface area contributed by atoms with Gasteiger partial charge < -0.3 is 4.57 Å². The molecule has 19 heavy (non-hydrogen) atoms. The van der Waals surface area contributed by atoms with Gasteiger partial charge in [0.1, 0.15) is 5.82 Å². The second-order valence-corrected chi connectivity index (χ2v) is 5.66. The van der Waals surface area contributed by atoms with E-state index in [0.717, 1.165) is 28.1 Å². The Hall–Kier alpha value is -1.87. The molecule has 4 rings (SSSR count). The Morgan fingerprint density at radius 2 is 1.79 bits per heavy atom. The number of fused-ring (bicyclic) bond motifs is 3. The number of benzene rings is 2. The Labute approximate surface area is 119 Å². The fourth-order valence-electron chi connectivity index (χ4n) is 2.57. The molecule has 2 aromatic carbocycles. The number of hydrogen-bond donors (Lipinski definition) is 0. The van der Waals surface area contributed by atoms with Gasteiger partial charge in [-0.15, -0.1) is 0 Å². The fourth-order valence-corrected chi connectivity index (χ4v) is 2.84. The zero-order valence-electron chi connectivity index (χ0n) is 10.2. The lowest BCUT2D eigenvalue weighted by Crippen LogP contribution is -1.89. The molecule has 3 aromatic rings. The molecule has 0 atom stereocenters. The molecule has 0 amide bonds. The van der Waals surface area contributed by atoms with Crippen molar-refractivity contribution in [2.45, 2.75) is 6.54 Å². The van der Waals surface area contributed by atoms with Crippen molar-refractivity contribution >= 4 is 15.9 Å². The average molecular weight is 311 g/mol. The molecular formula is C16H11BrN2. The van der Waals surface area contributed by atoms with Crippen molar-refractivity contribution in [2.75, 3.05) is 0 Å². The zero-order valence-corrected chi connectivity index (χ0v) is 11.8. The quantitative estimate of drug-likeness (QED) is 0.511. The average Bonchev–Trinajstić information content (AvgIpc) is 2.97. The summed E-state index contributed by atoms with van der Waals surface area (Å²) in [7, 11) is 0. The van der Waals surface area contributed by atoms with E-state index in [-0.39, 0.29) is 0 Å². The van der Waals surface area contributed by atoms with Gasteiger partial charge in [0.2, 0.25) is 0 Å². The highest BCUT2D eigenvalue weighted by Crippen LogP contribution is 2.33. The monoisotopic (exact) mass is 310 g/mol. The Kier molecular flexibility index (Phi) is 2.35. The molecule has 92 valence electrons. The van der Waals surface area contributed by atoms with Crippen LogP contribution in [0.5, 0.6) is 0 Å². The van der Waals surface area contributed by atoms with Crippen LogP contribution in [0.15, 0.2) is 59.2 Å². The molecule has 2 heterocycles. The Bertz CT molecular complexity index is 757. The molecule has 1 aliphatic rings. The number of rotatable bonds is 1. The third-order valence-corrected chi connectivity index (χ3v) is 4.04. The molecule has 0 bridgehead atoms. The molecular weight excluding hydrogens is 300 g/mol. The van der Waals surface area contributed by atoms with Crippen LogP contribution in [-0.2, 0) is 6.54 Å². The standard InChI is InChI=1S/C16H11BrN2/c17-13-7-5-11(6-8-13)15-10-19-9-12-3-1-2-4-14(12)16(19)18-15/h1-8,10H,9H2. The normalized spacial score (nSPS) is 12.3. The molecule has 1 aromatic heterocycles. The number of nitrogens with zero attached hydrogens (tertiary/aromatic N) is 2. The first kappa shape index (κ1) is 11.0. The highest BCUT2D eigenvalue weighted by Gasteiger charge is 2.20. The lowest BCUT2D eigenvalue weighted by Gasteiger charge is -1.98. The van der Waals surface area contributed by atoms with E-state index in [1.807, 2.05) is 12.1 Å². The molecule has 0 aliphatic carbocycles. The highest BCUT2D eigenvalue weighted by molar-refractivity contribution is 9.10. The molecule has 0 fully saturated rings. The van der Waals surface area contributed by atoms with Gasteiger partial charge in [-0.3, -0.25) is 0 Å². The first-order chi connectivity index (χ1) is 9.31. The molecule has 0 spiro atoms. The summed E-state index contributed by atoms with van der Waals surface area (Å²) < 4.78 is 3.32. The van der Waals surface area contributed by atoms with Gasteiger partial charge in [-0.25, -0.2) is 4.98 Å². The van der Waals surface area contributed by atoms with Crippen molar-refractivity contribution in [1.29, 1.82) is 0 Å². The van der Waals surface area contributed by atoms with Gasteiger partial charge in [0.25, 0.3) is 0 Å². The second kappa shape index (κ2) is 4.07. The van der Waals surface area contributed by atoms with Crippen LogP contribution in [0.3, 0.4) is 0 Å². The maximum atomic E-state index is 4.78. The van der Waals surface area contributed by atoms with Crippen LogP contribution >= 0.6 is 15.9 Å². The topological polar surface area (TPSA) is 17.8 Å². The SMILES string of the molecule is Brc1ccc(-c2cn3c(n2)-c2ccccc2C3)cc1. The summed E-state index contributed by atoms with van der Waals surface area (Å²) in [5.74, 6) is 1.08. The van der Waals surface area contributed by atoms with Crippen LogP contribution in [0.25, 0.3) is 22.6 Å². The lowest BCUT2D eigenvalue weighted by atomic mass is 10.1. The van der Waals surface area contributed by atoms with E-state index in [2.05, 4.69) is 63.1 Å². The van der Waals surface area contributed by atoms with Gasteiger partial charge in [0, 0.05) is 28.3 Å². The van der Waals surface area contributed by atoms with Gasteiger partial charge in [0.15, 0.2) is 0 Å². The largest absolute Gasteiger partial charge is 0.326 e. The molecule has 1 aliphatic heterocycles. The van der Waals surface area contributed by atoms with Gasteiger partial charge in [-0.05, 0) is 17.7 Å². The van der Waals surface area contributed by atoms with E-state index in [0.29, 0.717) is 0 Å². The first-order valence-corrected chi connectivity index (χ1v) is 7.02. The minimum absolute atomic E-state index is 0.926. The summed E-state index contributed by atoms with van der Waals surface area (Å²) >= 11 is 3.46. The Balaban J connectivity index is 1.82. The fraction of sp³-hybridized carbons (Fsp3) is 0.0625. The third kappa shape index (κ3) is 1.73. The molecule has 2 nitrogen and oxygen atoms in total. The van der Waals surface area contributed by atoms with Crippen molar-refractivity contribution in [3.63, 3.8) is 0 Å². The lowest BCUT2D eigenvalue weighted by molar-refractivity contribution is 0.848. The number of imidazole rings is 1. The summed E-state index contributed by atoms with van der Waals surface area (Å²) in [5, 5.41) is 0. The third-order valence-electron chi connectivity index (χ3n) is 3.52. The van der Waals surface area contributed by atoms with E-state index < -0.39 is 0 Å². The maximum Gasteiger partial charge on any atom is 0.141 e. The van der Waals surface area contributed by atoms with E-state index in [9.17, 15) is 0 Å². The van der Waals surface area contributed by atoms with Crippen LogP contribution in [0.1, 0.15) is 5.56 Å². The molecule has 0 saturated carbocycles. The van der Waals surface area contributed by atoms with E-state index in [4.69, 9.17) is 4.98 Å². The summed E-state index contributed by atoms with van der Waals surface area (Å²) in [6, 6.07) is 16.8. The van der Waals surface area contributed by atoms with Crippen molar-refractivity contribution in [3.05, 3.63) is 64.8 Å². The van der Waals surface area contributed by atoms with Crippen molar-refractivity contribution in [1.82, 2.24) is 9.55 Å². The smallest absolute Gasteiger partial charge is 0.141 e. The first-order valence-electron chi connectivity index (χ1n) is 6.23. The molecule has 0 radical (unpaired) electrons. The van der Waals surface area contributed by atoms with Crippen molar-refractivity contribution < 1.29 is 0 Å². The van der Waals surface area contributed by atoms with Crippen molar-refractivity contribution in [3.8, 4) is 22.6 Å². The summed E-state index contributed by atoms with van der Waals surface area (Å²) in [6.45, 7) is 0.926. The summed E-state index contributed by atoms with van der Waals surface area (Å²) in [4.78, 5) is 4.78. The molecule has 3 heteroatoms. The van der Waals surface area contributed by atoms with Crippen LogP contribution in [-0.4, -0.2) is 9.55 Å². The molecule has 0 unspecified atom stereocenters. The Morgan fingerprint density at radius 3 is 2.63 bits per heavy atom. The highest BCUT2D eigenvalue weighted by atomic mass is 79.9. The molecule has 0 N–H and O–H groups in total. The zero-order chi connectivity index (χ0) is 12.8. The Morgan fingerprint density at radius 1 is 1.00 bits per heavy atom. The minimum Gasteiger partial charge on any atom is -0.326 e. The predicted molar refractivity (Wildman–Crippen MR) is 79.9 cm³/mol. The van der Waals surface area contributed by atoms with Gasteiger partial charge in [0.05, 0.1) is 5.69 Å². The predicted octanol–water partition coefficient (Wildman–Crippen LogP) is 4.34. The number of halogens is 1. The van der Waals surface area contributed by atoms with Crippen molar-refractivity contribution in [2.24, 2.45) is 0 Å². The van der Waals surface area contributed by atoms with Crippen LogP contribution < -0.4 is 0 Å². The van der Waals surface area contributed by atoms with Crippen LogP contribution in [0, 0.1) is 0 Å². The van der Waals surface area contributed by atoms with Gasteiger partial charge >= 0.3 is 0 Å². The molecule has 0 saturated heterocycles. The van der Waals surface area contributed by atoms with E-state index >= 15 is 0 Å². The second-order valence-electron chi connectivity index (χ2n) is 4.74. The summed E-state index contributed by atoms with van der Waals surface area (Å²) in [5.41, 5.74) is 4.80. The van der Waals surface area contributed by atoms with E-state index in [1.165, 1.54) is 11.1 Å². The van der Waals surface area contributed by atoms with Gasteiger partial charge in [-0.1, -0.05) is 52.3 Å². The number of aromatic nitrogens is 2. The number of hydrogen-bond acceptors (Lipinski definition) is 1. The summed E-state index contributed by atoms with van der Waals surface area (Å²) in [6.07, 6.45) is 2.14. The minimum atomic E-state index is 0.926. The van der Waals surface area contributed by atoms with Gasteiger partial charge in [-0.2, -0.15) is 0 Å². The maximum absolute atomic E-state index is 4.78. The van der Waals surface area contributed by atoms with Crippen LogP contribution in [0.2, 0.25) is 0 Å². The van der Waals surface area contributed by atoms with E-state index in [1.54, 1.807) is 0 Å².